The predicted octanol–water partition coefficient (Wildman–Crippen LogP) is 3.76. The van der Waals surface area contributed by atoms with Crippen molar-refractivity contribution in [3.8, 4) is 0 Å². The third-order valence-electron chi connectivity index (χ3n) is 4.59. The fraction of sp³-hybridized carbons (Fsp3) is 0.684. The van der Waals surface area contributed by atoms with Crippen LogP contribution in [-0.4, -0.2) is 31.1 Å². The van der Waals surface area contributed by atoms with Gasteiger partial charge in [-0.05, 0) is 75.8 Å². The first-order valence-corrected chi connectivity index (χ1v) is 8.54. The van der Waals surface area contributed by atoms with E-state index in [-0.39, 0.29) is 0 Å². The molecule has 0 atom stereocenters. The molecule has 0 aromatic heterocycles. The predicted molar refractivity (Wildman–Crippen MR) is 91.6 cm³/mol. The largest absolute Gasteiger partial charge is 0.316 e. The number of likely N-dealkylation sites (tertiary alicyclic amines) is 1. The molecule has 2 heteroatoms. The van der Waals surface area contributed by atoms with Crippen molar-refractivity contribution in [1.82, 2.24) is 10.2 Å². The minimum absolute atomic E-state index is 0.759. The molecule has 1 N–H and O–H groups in total. The van der Waals surface area contributed by atoms with Crippen molar-refractivity contribution in [3.05, 3.63) is 34.9 Å². The van der Waals surface area contributed by atoms with Crippen LogP contribution in [0.3, 0.4) is 0 Å². The van der Waals surface area contributed by atoms with Crippen LogP contribution in [-0.2, 0) is 6.54 Å². The summed E-state index contributed by atoms with van der Waals surface area (Å²) in [7, 11) is 0. The second kappa shape index (κ2) is 7.95. The molecule has 0 amide bonds. The van der Waals surface area contributed by atoms with Gasteiger partial charge in [0.25, 0.3) is 0 Å². The fourth-order valence-electron chi connectivity index (χ4n) is 3.14. The van der Waals surface area contributed by atoms with E-state index in [1.807, 2.05) is 0 Å². The van der Waals surface area contributed by atoms with Crippen LogP contribution < -0.4 is 5.32 Å². The van der Waals surface area contributed by atoms with E-state index in [1.165, 1.54) is 49.2 Å². The first-order chi connectivity index (χ1) is 10.0. The maximum absolute atomic E-state index is 3.62. The van der Waals surface area contributed by atoms with E-state index < -0.39 is 0 Å². The molecule has 21 heavy (non-hydrogen) atoms. The number of benzene rings is 1. The summed E-state index contributed by atoms with van der Waals surface area (Å²) in [4.78, 5) is 2.63. The van der Waals surface area contributed by atoms with E-state index in [4.69, 9.17) is 0 Å². The van der Waals surface area contributed by atoms with E-state index >= 15 is 0 Å². The van der Waals surface area contributed by atoms with Gasteiger partial charge in [-0.25, -0.2) is 0 Å². The Labute approximate surface area is 130 Å². The van der Waals surface area contributed by atoms with Crippen molar-refractivity contribution in [2.45, 2.75) is 47.1 Å². The quantitative estimate of drug-likeness (QED) is 0.857. The van der Waals surface area contributed by atoms with E-state index in [0.29, 0.717) is 0 Å². The van der Waals surface area contributed by atoms with E-state index in [2.05, 4.69) is 56.1 Å². The molecule has 0 bridgehead atoms. The SMILES string of the molecule is Cc1ccc(C)c(CN2CCC(CNCC(C)C)CC2)c1. The van der Waals surface area contributed by atoms with Crippen molar-refractivity contribution >= 4 is 0 Å². The van der Waals surface area contributed by atoms with E-state index in [1.54, 1.807) is 0 Å². The summed E-state index contributed by atoms with van der Waals surface area (Å²) in [6.07, 6.45) is 2.69. The molecular formula is C19H32N2. The molecule has 1 aromatic carbocycles. The van der Waals surface area contributed by atoms with Crippen LogP contribution in [0.5, 0.6) is 0 Å². The summed E-state index contributed by atoms with van der Waals surface area (Å²) in [6, 6.07) is 6.82. The molecule has 0 unspecified atom stereocenters. The first kappa shape index (κ1) is 16.5. The maximum Gasteiger partial charge on any atom is 0.0236 e. The Bertz CT molecular complexity index is 431. The average molecular weight is 288 g/mol. The summed E-state index contributed by atoms with van der Waals surface area (Å²) in [5.74, 6) is 1.63. The zero-order valence-corrected chi connectivity index (χ0v) is 14.3. The smallest absolute Gasteiger partial charge is 0.0236 e. The lowest BCUT2D eigenvalue weighted by Gasteiger charge is -2.32. The van der Waals surface area contributed by atoms with Gasteiger partial charge in [-0.3, -0.25) is 4.90 Å². The van der Waals surface area contributed by atoms with Gasteiger partial charge in [-0.1, -0.05) is 37.6 Å². The van der Waals surface area contributed by atoms with Crippen LogP contribution in [0.15, 0.2) is 18.2 Å². The van der Waals surface area contributed by atoms with Crippen LogP contribution in [0.4, 0.5) is 0 Å². The number of hydrogen-bond acceptors (Lipinski definition) is 2. The molecule has 1 heterocycles. The summed E-state index contributed by atoms with van der Waals surface area (Å²) in [6.45, 7) is 15.0. The molecule has 118 valence electrons. The molecule has 1 aromatic rings. The molecule has 1 aliphatic rings. The van der Waals surface area contributed by atoms with Crippen LogP contribution in [0.1, 0.15) is 43.4 Å². The summed E-state index contributed by atoms with van der Waals surface area (Å²) in [5, 5.41) is 3.62. The Kier molecular flexibility index (Phi) is 6.25. The van der Waals surface area contributed by atoms with Gasteiger partial charge in [0.05, 0.1) is 0 Å². The number of aryl methyl sites for hydroxylation is 2. The molecule has 0 saturated carbocycles. The average Bonchev–Trinajstić information content (AvgIpc) is 2.44. The second-order valence-corrected chi connectivity index (χ2v) is 7.20. The highest BCUT2D eigenvalue weighted by atomic mass is 15.1. The third-order valence-corrected chi connectivity index (χ3v) is 4.59. The Balaban J connectivity index is 1.75. The molecule has 2 rings (SSSR count). The third kappa shape index (κ3) is 5.44. The van der Waals surface area contributed by atoms with Crippen molar-refractivity contribution in [1.29, 1.82) is 0 Å². The minimum Gasteiger partial charge on any atom is -0.316 e. The second-order valence-electron chi connectivity index (χ2n) is 7.20. The van der Waals surface area contributed by atoms with Crippen molar-refractivity contribution in [2.75, 3.05) is 26.2 Å². The molecule has 2 nitrogen and oxygen atoms in total. The Morgan fingerprint density at radius 1 is 1.19 bits per heavy atom. The van der Waals surface area contributed by atoms with E-state index in [0.717, 1.165) is 24.9 Å². The van der Waals surface area contributed by atoms with Crippen LogP contribution in [0.2, 0.25) is 0 Å². The zero-order valence-electron chi connectivity index (χ0n) is 14.3. The van der Waals surface area contributed by atoms with Gasteiger partial charge >= 0.3 is 0 Å². The van der Waals surface area contributed by atoms with Gasteiger partial charge in [0.1, 0.15) is 0 Å². The molecule has 0 spiro atoms. The van der Waals surface area contributed by atoms with Crippen molar-refractivity contribution < 1.29 is 0 Å². The Hall–Kier alpha value is -0.860. The van der Waals surface area contributed by atoms with Crippen molar-refractivity contribution in [2.24, 2.45) is 11.8 Å². The van der Waals surface area contributed by atoms with Gasteiger partial charge in [-0.2, -0.15) is 0 Å². The van der Waals surface area contributed by atoms with Gasteiger partial charge < -0.3 is 5.32 Å². The normalized spacial score (nSPS) is 17.6. The molecule has 0 aliphatic carbocycles. The Morgan fingerprint density at radius 2 is 1.90 bits per heavy atom. The van der Waals surface area contributed by atoms with Gasteiger partial charge in [0.2, 0.25) is 0 Å². The fourth-order valence-corrected chi connectivity index (χ4v) is 3.14. The standard InChI is InChI=1S/C19H32N2/c1-15(2)12-20-13-18-7-9-21(10-8-18)14-19-11-16(3)5-6-17(19)4/h5-6,11,15,18,20H,7-10,12-14H2,1-4H3. The van der Waals surface area contributed by atoms with Crippen molar-refractivity contribution in [3.63, 3.8) is 0 Å². The number of hydrogen-bond donors (Lipinski definition) is 1. The lowest BCUT2D eigenvalue weighted by atomic mass is 9.95. The monoisotopic (exact) mass is 288 g/mol. The van der Waals surface area contributed by atoms with Gasteiger partial charge in [0.15, 0.2) is 0 Å². The first-order valence-electron chi connectivity index (χ1n) is 8.54. The summed E-state index contributed by atoms with van der Waals surface area (Å²) in [5.41, 5.74) is 4.32. The van der Waals surface area contributed by atoms with Crippen LogP contribution >= 0.6 is 0 Å². The molecule has 1 fully saturated rings. The van der Waals surface area contributed by atoms with Crippen LogP contribution in [0, 0.1) is 25.7 Å². The van der Waals surface area contributed by atoms with E-state index in [9.17, 15) is 0 Å². The maximum atomic E-state index is 3.62. The molecular weight excluding hydrogens is 256 g/mol. The number of nitrogens with zero attached hydrogens (tertiary/aromatic N) is 1. The molecule has 1 aliphatic heterocycles. The molecule has 0 radical (unpaired) electrons. The Morgan fingerprint density at radius 3 is 2.57 bits per heavy atom. The zero-order chi connectivity index (χ0) is 15.2. The lowest BCUT2D eigenvalue weighted by molar-refractivity contribution is 0.174. The lowest BCUT2D eigenvalue weighted by Crippen LogP contribution is -2.37. The number of nitrogens with one attached hydrogen (secondary N) is 1. The molecule has 1 saturated heterocycles. The van der Waals surface area contributed by atoms with Gasteiger partial charge in [-0.15, -0.1) is 0 Å². The number of rotatable bonds is 6. The highest BCUT2D eigenvalue weighted by Crippen LogP contribution is 2.20. The highest BCUT2D eigenvalue weighted by Gasteiger charge is 2.19. The highest BCUT2D eigenvalue weighted by molar-refractivity contribution is 5.30. The van der Waals surface area contributed by atoms with Gasteiger partial charge in [0, 0.05) is 6.54 Å². The van der Waals surface area contributed by atoms with Crippen LogP contribution in [0.25, 0.3) is 0 Å². The number of piperidine rings is 1. The summed E-state index contributed by atoms with van der Waals surface area (Å²) < 4.78 is 0. The summed E-state index contributed by atoms with van der Waals surface area (Å²) >= 11 is 0. The topological polar surface area (TPSA) is 15.3 Å². The minimum atomic E-state index is 0.759.